The molecule has 121 valence electrons. The SMILES string of the molecule is COC(=O)c1nc2c(C)[nH]nc2c(C)c1Nc1cc[c-]cc1C.[Y]. The molecule has 24 heavy (non-hydrogen) atoms. The maximum absolute atomic E-state index is 12.2. The van der Waals surface area contributed by atoms with Gasteiger partial charge in [0.05, 0.1) is 18.5 Å². The molecule has 2 heterocycles. The second kappa shape index (κ2) is 7.40. The molecule has 0 atom stereocenters. The van der Waals surface area contributed by atoms with Gasteiger partial charge >= 0.3 is 5.97 Å². The molecule has 0 aliphatic carbocycles. The molecular weight excluding hydrogens is 381 g/mol. The van der Waals surface area contributed by atoms with E-state index in [9.17, 15) is 4.79 Å². The van der Waals surface area contributed by atoms with E-state index in [0.29, 0.717) is 11.2 Å². The molecule has 2 aromatic heterocycles. The topological polar surface area (TPSA) is 79.9 Å². The van der Waals surface area contributed by atoms with Crippen LogP contribution in [0, 0.1) is 26.8 Å². The number of nitrogens with zero attached hydrogens (tertiary/aromatic N) is 2. The molecule has 0 amide bonds. The first kappa shape index (κ1) is 18.6. The van der Waals surface area contributed by atoms with Gasteiger partial charge in [0.25, 0.3) is 0 Å². The number of carbonyl (C=O) groups excluding carboxylic acids is 1. The van der Waals surface area contributed by atoms with Crippen molar-refractivity contribution in [3.05, 3.63) is 46.8 Å². The van der Waals surface area contributed by atoms with Gasteiger partial charge in [-0.1, -0.05) is 12.6 Å². The van der Waals surface area contributed by atoms with Gasteiger partial charge < -0.3 is 10.1 Å². The summed E-state index contributed by atoms with van der Waals surface area (Å²) in [4.78, 5) is 16.6. The smallest absolute Gasteiger partial charge is 0.358 e. The third-order valence-electron chi connectivity index (χ3n) is 3.81. The van der Waals surface area contributed by atoms with E-state index in [1.165, 1.54) is 7.11 Å². The standard InChI is InChI=1S/C17H17N4O2.Y/c1-9-7-5-6-8-12(9)18-13-10(2)14-15(11(3)20-21-14)19-16(13)17(22)23-4;/h6-8,18H,1-4H3,(H,20,21);/q-1;. The number of aryl methyl sites for hydroxylation is 3. The maximum atomic E-state index is 12.2. The Bertz CT molecular complexity index is 905. The first-order valence-electron chi connectivity index (χ1n) is 7.20. The minimum Gasteiger partial charge on any atom is -0.464 e. The number of anilines is 2. The molecule has 0 fully saturated rings. The van der Waals surface area contributed by atoms with E-state index in [2.05, 4.69) is 26.6 Å². The average molecular weight is 398 g/mol. The fourth-order valence-electron chi connectivity index (χ4n) is 2.47. The van der Waals surface area contributed by atoms with Gasteiger partial charge in [0.1, 0.15) is 11.0 Å². The van der Waals surface area contributed by atoms with Gasteiger partial charge in [-0.25, -0.2) is 9.78 Å². The van der Waals surface area contributed by atoms with Gasteiger partial charge in [-0.2, -0.15) is 23.3 Å². The van der Waals surface area contributed by atoms with Crippen LogP contribution in [0.2, 0.25) is 0 Å². The zero-order chi connectivity index (χ0) is 16.6. The number of nitrogens with one attached hydrogen (secondary N) is 2. The molecule has 0 saturated heterocycles. The van der Waals surface area contributed by atoms with E-state index in [0.717, 1.165) is 28.0 Å². The number of aromatic amines is 1. The van der Waals surface area contributed by atoms with Gasteiger partial charge in [-0.3, -0.25) is 5.10 Å². The Morgan fingerprint density at radius 1 is 1.29 bits per heavy atom. The van der Waals surface area contributed by atoms with Crippen LogP contribution < -0.4 is 5.32 Å². The molecule has 0 saturated carbocycles. The van der Waals surface area contributed by atoms with E-state index >= 15 is 0 Å². The molecule has 3 rings (SSSR count). The van der Waals surface area contributed by atoms with Crippen molar-refractivity contribution >= 4 is 28.4 Å². The number of fused-ring (bicyclic) bond motifs is 1. The summed E-state index contributed by atoms with van der Waals surface area (Å²) in [7, 11) is 1.35. The second-order valence-electron chi connectivity index (χ2n) is 5.36. The van der Waals surface area contributed by atoms with Gasteiger partial charge in [0.2, 0.25) is 0 Å². The van der Waals surface area contributed by atoms with Crippen molar-refractivity contribution in [2.45, 2.75) is 20.8 Å². The van der Waals surface area contributed by atoms with Crippen LogP contribution in [0.1, 0.15) is 27.3 Å². The molecule has 0 spiro atoms. The van der Waals surface area contributed by atoms with E-state index in [1.54, 1.807) is 0 Å². The Morgan fingerprint density at radius 3 is 2.71 bits per heavy atom. The number of ether oxygens (including phenoxy) is 1. The van der Waals surface area contributed by atoms with Gasteiger partial charge in [0, 0.05) is 38.3 Å². The number of benzene rings is 1. The molecule has 1 radical (unpaired) electrons. The van der Waals surface area contributed by atoms with E-state index < -0.39 is 5.97 Å². The zero-order valence-corrected chi connectivity index (χ0v) is 16.9. The molecule has 1 aromatic carbocycles. The van der Waals surface area contributed by atoms with Crippen LogP contribution in [0.5, 0.6) is 0 Å². The Morgan fingerprint density at radius 2 is 2.04 bits per heavy atom. The van der Waals surface area contributed by atoms with Gasteiger partial charge in [0.15, 0.2) is 5.69 Å². The molecular formula is C17H17N4O2Y-. The molecule has 0 bridgehead atoms. The first-order chi connectivity index (χ1) is 11.0. The Kier molecular flexibility index (Phi) is 5.72. The van der Waals surface area contributed by atoms with E-state index in [1.807, 2.05) is 39.0 Å². The Hall–Kier alpha value is -1.79. The van der Waals surface area contributed by atoms with Crippen LogP contribution in [0.4, 0.5) is 11.4 Å². The van der Waals surface area contributed by atoms with Crippen molar-refractivity contribution in [2.75, 3.05) is 12.4 Å². The van der Waals surface area contributed by atoms with E-state index in [-0.39, 0.29) is 38.4 Å². The number of methoxy groups -OCH3 is 1. The molecule has 2 N–H and O–H groups in total. The summed E-state index contributed by atoms with van der Waals surface area (Å²) >= 11 is 0. The van der Waals surface area contributed by atoms with Gasteiger partial charge in [-0.15, -0.1) is 11.6 Å². The van der Waals surface area contributed by atoms with Crippen molar-refractivity contribution in [1.82, 2.24) is 15.2 Å². The number of H-pyrrole nitrogens is 1. The summed E-state index contributed by atoms with van der Waals surface area (Å²) in [5.74, 6) is -0.488. The summed E-state index contributed by atoms with van der Waals surface area (Å²) in [6.07, 6.45) is 0. The quantitative estimate of drug-likeness (QED) is 0.523. The minimum absolute atomic E-state index is 0. The summed E-state index contributed by atoms with van der Waals surface area (Å²) in [5, 5.41) is 10.5. The third kappa shape index (κ3) is 3.21. The predicted octanol–water partition coefficient (Wildman–Crippen LogP) is 3.21. The molecule has 0 aliphatic heterocycles. The van der Waals surface area contributed by atoms with Crippen LogP contribution in [0.3, 0.4) is 0 Å². The number of carbonyl (C=O) groups is 1. The summed E-state index contributed by atoms with van der Waals surface area (Å²) < 4.78 is 4.89. The van der Waals surface area contributed by atoms with Crippen molar-refractivity contribution in [3.63, 3.8) is 0 Å². The van der Waals surface area contributed by atoms with Gasteiger partial charge in [-0.05, 0) is 13.8 Å². The van der Waals surface area contributed by atoms with E-state index in [4.69, 9.17) is 4.74 Å². The summed E-state index contributed by atoms with van der Waals surface area (Å²) in [5.41, 5.74) is 5.80. The summed E-state index contributed by atoms with van der Waals surface area (Å²) in [6.45, 7) is 5.74. The molecule has 6 nitrogen and oxygen atoms in total. The molecule has 0 unspecified atom stereocenters. The van der Waals surface area contributed by atoms with Crippen molar-refractivity contribution < 1.29 is 42.2 Å². The van der Waals surface area contributed by atoms with Crippen molar-refractivity contribution in [1.29, 1.82) is 0 Å². The molecule has 0 aliphatic rings. The van der Waals surface area contributed by atoms with Crippen LogP contribution in [0.15, 0.2) is 18.2 Å². The Labute approximate surface area is 165 Å². The number of aromatic nitrogens is 3. The van der Waals surface area contributed by atoms with Crippen LogP contribution >= 0.6 is 0 Å². The minimum atomic E-state index is -0.488. The Balaban J connectivity index is 0.00000208. The third-order valence-corrected chi connectivity index (χ3v) is 3.81. The van der Waals surface area contributed by atoms with Crippen LogP contribution in [-0.4, -0.2) is 28.3 Å². The molecule has 7 heteroatoms. The maximum Gasteiger partial charge on any atom is 0.358 e. The fourth-order valence-corrected chi connectivity index (χ4v) is 2.47. The van der Waals surface area contributed by atoms with Crippen molar-refractivity contribution in [3.8, 4) is 0 Å². The fraction of sp³-hybridized carbons (Fsp3) is 0.235. The molecule has 3 aromatic rings. The number of pyridine rings is 1. The van der Waals surface area contributed by atoms with Crippen molar-refractivity contribution in [2.24, 2.45) is 0 Å². The number of hydrogen-bond acceptors (Lipinski definition) is 5. The number of hydrogen-bond donors (Lipinski definition) is 2. The number of rotatable bonds is 3. The predicted molar refractivity (Wildman–Crippen MR) is 88.0 cm³/mol. The van der Waals surface area contributed by atoms with Crippen LogP contribution in [0.25, 0.3) is 11.0 Å². The van der Waals surface area contributed by atoms with Crippen LogP contribution in [-0.2, 0) is 37.4 Å². The summed E-state index contributed by atoms with van der Waals surface area (Å²) in [6, 6.07) is 8.60. The zero-order valence-electron chi connectivity index (χ0n) is 14.0. The number of esters is 1. The average Bonchev–Trinajstić information content (AvgIpc) is 2.92. The largest absolute Gasteiger partial charge is 0.464 e. The second-order valence-corrected chi connectivity index (χ2v) is 5.36. The first-order valence-corrected chi connectivity index (χ1v) is 7.20. The monoisotopic (exact) mass is 398 g/mol. The normalized spacial score (nSPS) is 10.3.